The van der Waals surface area contributed by atoms with Crippen molar-refractivity contribution in [3.63, 3.8) is 0 Å². The smallest absolute Gasteiger partial charge is 0.191 e. The fraction of sp³-hybridized carbons (Fsp3) is 0.824. The molecule has 21 heavy (non-hydrogen) atoms. The Morgan fingerprint density at radius 2 is 1.95 bits per heavy atom. The highest BCUT2D eigenvalue weighted by atomic mass is 16.5. The highest BCUT2D eigenvalue weighted by Gasteiger charge is 2.11. The molecule has 4 heteroatoms. The molecule has 0 unspecified atom stereocenters. The summed E-state index contributed by atoms with van der Waals surface area (Å²) in [6, 6.07) is 0. The van der Waals surface area contributed by atoms with E-state index in [0.717, 1.165) is 45.0 Å². The van der Waals surface area contributed by atoms with Crippen molar-refractivity contribution in [3.05, 3.63) is 12.7 Å². The lowest BCUT2D eigenvalue weighted by Crippen LogP contribution is -2.37. The summed E-state index contributed by atoms with van der Waals surface area (Å²) in [5, 5.41) is 6.44. The van der Waals surface area contributed by atoms with E-state index in [1.165, 1.54) is 38.5 Å². The van der Waals surface area contributed by atoms with Crippen molar-refractivity contribution in [2.45, 2.75) is 64.4 Å². The zero-order chi connectivity index (χ0) is 15.2. The van der Waals surface area contributed by atoms with E-state index in [1.807, 2.05) is 6.08 Å². The van der Waals surface area contributed by atoms with Crippen molar-refractivity contribution in [3.8, 4) is 0 Å². The minimum absolute atomic E-state index is 0.516. The summed E-state index contributed by atoms with van der Waals surface area (Å²) in [5.74, 6) is 0.877. The van der Waals surface area contributed by atoms with Crippen LogP contribution in [0.1, 0.15) is 58.3 Å². The van der Waals surface area contributed by atoms with Crippen molar-refractivity contribution in [2.75, 3.05) is 26.2 Å². The van der Waals surface area contributed by atoms with Gasteiger partial charge in [-0.25, -0.2) is 0 Å². The third kappa shape index (κ3) is 9.51. The highest BCUT2D eigenvalue weighted by molar-refractivity contribution is 5.79. The van der Waals surface area contributed by atoms with E-state index in [1.54, 1.807) is 0 Å². The van der Waals surface area contributed by atoms with Gasteiger partial charge < -0.3 is 15.4 Å². The van der Waals surface area contributed by atoms with Crippen molar-refractivity contribution >= 4 is 5.96 Å². The molecule has 0 radical (unpaired) electrons. The molecule has 122 valence electrons. The van der Waals surface area contributed by atoms with Gasteiger partial charge in [-0.3, -0.25) is 4.99 Å². The third-order valence-corrected chi connectivity index (χ3v) is 3.74. The van der Waals surface area contributed by atoms with Gasteiger partial charge in [-0.15, -0.1) is 6.58 Å². The molecule has 0 bridgehead atoms. The maximum atomic E-state index is 5.99. The topological polar surface area (TPSA) is 45.7 Å². The van der Waals surface area contributed by atoms with Crippen LogP contribution in [0.3, 0.4) is 0 Å². The van der Waals surface area contributed by atoms with Gasteiger partial charge in [-0.2, -0.15) is 0 Å². The zero-order valence-corrected chi connectivity index (χ0v) is 13.7. The van der Waals surface area contributed by atoms with Gasteiger partial charge >= 0.3 is 0 Å². The summed E-state index contributed by atoms with van der Waals surface area (Å²) in [7, 11) is 0. The molecule has 2 N–H and O–H groups in total. The molecule has 1 rings (SSSR count). The Labute approximate surface area is 130 Å². The second-order valence-electron chi connectivity index (χ2n) is 5.62. The number of hydrogen-bond acceptors (Lipinski definition) is 2. The van der Waals surface area contributed by atoms with E-state index < -0.39 is 0 Å². The number of guanidine groups is 1. The van der Waals surface area contributed by atoms with Gasteiger partial charge in [-0.05, 0) is 32.6 Å². The maximum absolute atomic E-state index is 5.99. The molecule has 0 spiro atoms. The number of nitrogens with one attached hydrogen (secondary N) is 2. The van der Waals surface area contributed by atoms with Gasteiger partial charge in [0, 0.05) is 26.2 Å². The zero-order valence-electron chi connectivity index (χ0n) is 13.7. The Hall–Kier alpha value is -1.03. The summed E-state index contributed by atoms with van der Waals surface area (Å²) < 4.78 is 5.99. The summed E-state index contributed by atoms with van der Waals surface area (Å²) in [5.41, 5.74) is 0. The van der Waals surface area contributed by atoms with Gasteiger partial charge in [0.2, 0.25) is 0 Å². The van der Waals surface area contributed by atoms with Gasteiger partial charge in [0.15, 0.2) is 5.96 Å². The number of ether oxygens (including phenoxy) is 1. The van der Waals surface area contributed by atoms with Crippen molar-refractivity contribution < 1.29 is 4.74 Å². The van der Waals surface area contributed by atoms with Gasteiger partial charge in [0.05, 0.1) is 6.10 Å². The first-order valence-corrected chi connectivity index (χ1v) is 8.61. The van der Waals surface area contributed by atoms with Crippen LogP contribution >= 0.6 is 0 Å². The lowest BCUT2D eigenvalue weighted by atomic mass is 10.1. The quantitative estimate of drug-likeness (QED) is 0.226. The largest absolute Gasteiger partial charge is 0.378 e. The lowest BCUT2D eigenvalue weighted by molar-refractivity contribution is 0.0413. The van der Waals surface area contributed by atoms with Crippen molar-refractivity contribution in [1.82, 2.24) is 10.6 Å². The van der Waals surface area contributed by atoms with Crippen molar-refractivity contribution in [1.29, 1.82) is 0 Å². The van der Waals surface area contributed by atoms with Crippen LogP contribution < -0.4 is 10.6 Å². The average Bonchev–Trinajstić information content (AvgIpc) is 2.76. The molecule has 1 saturated carbocycles. The molecular weight excluding hydrogens is 262 g/mol. The number of aliphatic imine (C=N–C) groups is 1. The minimum Gasteiger partial charge on any atom is -0.378 e. The molecule has 4 nitrogen and oxygen atoms in total. The number of nitrogens with zero attached hydrogens (tertiary/aromatic N) is 1. The minimum atomic E-state index is 0.516. The summed E-state index contributed by atoms with van der Waals surface area (Å²) in [6.45, 7) is 9.14. The van der Waals surface area contributed by atoms with Crippen LogP contribution in [0.4, 0.5) is 0 Å². The van der Waals surface area contributed by atoms with Crippen LogP contribution in [-0.2, 0) is 4.74 Å². The molecular formula is C17H33N3O. The number of hydrogen-bond donors (Lipinski definition) is 2. The predicted octanol–water partition coefficient (Wildman–Crippen LogP) is 3.25. The fourth-order valence-corrected chi connectivity index (χ4v) is 2.57. The molecule has 0 amide bonds. The van der Waals surface area contributed by atoms with Crippen LogP contribution in [0.15, 0.2) is 17.6 Å². The van der Waals surface area contributed by atoms with Gasteiger partial charge in [0.1, 0.15) is 0 Å². The van der Waals surface area contributed by atoms with Crippen LogP contribution in [0.5, 0.6) is 0 Å². The Morgan fingerprint density at radius 3 is 2.62 bits per heavy atom. The molecule has 0 atom stereocenters. The Morgan fingerprint density at radius 1 is 1.19 bits per heavy atom. The standard InChI is InChI=1S/C17H33N3O/c1-3-13-19-17(18-4-2)20-14-9-10-15-21-16-11-7-5-6-8-12-16/h3,16H,1,4-15H2,2H3,(H2,18,19,20). The molecule has 0 saturated heterocycles. The van der Waals surface area contributed by atoms with Crippen molar-refractivity contribution in [2.24, 2.45) is 4.99 Å². The first-order chi connectivity index (χ1) is 10.4. The van der Waals surface area contributed by atoms with E-state index in [-0.39, 0.29) is 0 Å². The number of rotatable bonds is 9. The molecule has 0 aromatic rings. The summed E-state index contributed by atoms with van der Waals surface area (Å²) in [4.78, 5) is 4.54. The van der Waals surface area contributed by atoms with E-state index in [2.05, 4.69) is 29.1 Å². The second kappa shape index (κ2) is 12.7. The SMILES string of the molecule is C=CCNC(=NCCCCOC1CCCCCC1)NCC. The normalized spacial score (nSPS) is 17.3. The Bertz CT molecular complexity index is 284. The molecule has 1 aliphatic carbocycles. The Balaban J connectivity index is 2.06. The third-order valence-electron chi connectivity index (χ3n) is 3.74. The van der Waals surface area contributed by atoms with E-state index in [9.17, 15) is 0 Å². The van der Waals surface area contributed by atoms with Gasteiger partial charge in [-0.1, -0.05) is 31.8 Å². The first-order valence-electron chi connectivity index (χ1n) is 8.61. The summed E-state index contributed by atoms with van der Waals surface area (Å²) >= 11 is 0. The van der Waals surface area contributed by atoms with Gasteiger partial charge in [0.25, 0.3) is 0 Å². The van der Waals surface area contributed by atoms with E-state index in [0.29, 0.717) is 6.10 Å². The predicted molar refractivity (Wildman–Crippen MR) is 90.9 cm³/mol. The fourth-order valence-electron chi connectivity index (χ4n) is 2.57. The second-order valence-corrected chi connectivity index (χ2v) is 5.62. The molecule has 1 aliphatic rings. The monoisotopic (exact) mass is 295 g/mol. The Kier molecular flexibility index (Phi) is 10.9. The molecule has 0 aromatic heterocycles. The highest BCUT2D eigenvalue weighted by Crippen LogP contribution is 2.19. The van der Waals surface area contributed by atoms with Crippen LogP contribution in [-0.4, -0.2) is 38.3 Å². The molecule has 0 heterocycles. The molecule has 0 aliphatic heterocycles. The van der Waals surface area contributed by atoms with Crippen LogP contribution in [0.2, 0.25) is 0 Å². The van der Waals surface area contributed by atoms with Crippen LogP contribution in [0.25, 0.3) is 0 Å². The van der Waals surface area contributed by atoms with E-state index in [4.69, 9.17) is 4.74 Å². The number of unbranched alkanes of at least 4 members (excludes halogenated alkanes) is 1. The van der Waals surface area contributed by atoms with E-state index >= 15 is 0 Å². The maximum Gasteiger partial charge on any atom is 0.191 e. The first kappa shape index (κ1) is 18.0. The summed E-state index contributed by atoms with van der Waals surface area (Å²) in [6.07, 6.45) is 12.5. The van der Waals surface area contributed by atoms with Crippen LogP contribution in [0, 0.1) is 0 Å². The molecule has 1 fully saturated rings. The lowest BCUT2D eigenvalue weighted by Gasteiger charge is -2.15. The average molecular weight is 295 g/mol. The molecule has 0 aromatic carbocycles.